The van der Waals surface area contributed by atoms with Gasteiger partial charge in [-0.3, -0.25) is 24.0 Å². The van der Waals surface area contributed by atoms with Gasteiger partial charge in [-0.05, 0) is 0 Å². The maximum Gasteiger partial charge on any atom is 0.305 e. The molecule has 1 fully saturated rings. The summed E-state index contributed by atoms with van der Waals surface area (Å²) in [5, 5.41) is 0. The summed E-state index contributed by atoms with van der Waals surface area (Å²) in [6.45, 7) is 5.13. The molecule has 0 radical (unpaired) electrons. The first-order chi connectivity index (χ1) is 12.5. The number of ether oxygens (including phenoxy) is 6. The van der Waals surface area contributed by atoms with E-state index >= 15 is 0 Å². The van der Waals surface area contributed by atoms with Gasteiger partial charge in [0.05, 0.1) is 0 Å². The number of hydrogen-bond acceptors (Lipinski definition) is 11. The second-order valence-electron chi connectivity index (χ2n) is 5.68. The molecule has 2 unspecified atom stereocenters. The van der Waals surface area contributed by atoms with Gasteiger partial charge in [-0.2, -0.15) is 0 Å². The van der Waals surface area contributed by atoms with E-state index in [1.165, 1.54) is 0 Å². The van der Waals surface area contributed by atoms with Gasteiger partial charge in [-0.25, -0.2) is 0 Å². The average Bonchev–Trinajstić information content (AvgIpc) is 2.49. The van der Waals surface area contributed by atoms with Gasteiger partial charge >= 0.3 is 29.8 Å². The summed E-state index contributed by atoms with van der Waals surface area (Å²) in [5.74, 6) is -3.71. The van der Waals surface area contributed by atoms with Crippen molar-refractivity contribution in [3.8, 4) is 0 Å². The molecule has 0 aromatic rings. The van der Waals surface area contributed by atoms with Crippen LogP contribution in [-0.4, -0.2) is 67.2 Å². The summed E-state index contributed by atoms with van der Waals surface area (Å²) in [6.07, 6.45) is -6.70. The van der Waals surface area contributed by atoms with Gasteiger partial charge in [0.25, 0.3) is 0 Å². The number of carbonyl (C=O) groups is 5. The van der Waals surface area contributed by atoms with Crippen LogP contribution in [0.5, 0.6) is 0 Å². The molecule has 5 atom stereocenters. The number of esters is 5. The lowest BCUT2D eigenvalue weighted by atomic mass is 9.98. The van der Waals surface area contributed by atoms with E-state index in [0.717, 1.165) is 34.6 Å². The maximum atomic E-state index is 11.5. The summed E-state index contributed by atoms with van der Waals surface area (Å²) < 4.78 is 30.8. The van der Waals surface area contributed by atoms with Crippen molar-refractivity contribution in [2.24, 2.45) is 0 Å². The number of carbonyl (C=O) groups excluding carboxylic acids is 5. The lowest BCUT2D eigenvalue weighted by Crippen LogP contribution is -2.63. The van der Waals surface area contributed by atoms with Crippen molar-refractivity contribution < 1.29 is 52.4 Å². The fourth-order valence-electron chi connectivity index (χ4n) is 2.45. The van der Waals surface area contributed by atoms with E-state index in [4.69, 9.17) is 28.4 Å². The summed E-state index contributed by atoms with van der Waals surface area (Å²) in [6, 6.07) is 0. The lowest BCUT2D eigenvalue weighted by Gasteiger charge is -2.43. The van der Waals surface area contributed by atoms with Crippen LogP contribution in [0, 0.1) is 0 Å². The Morgan fingerprint density at radius 1 is 0.630 bits per heavy atom. The maximum absolute atomic E-state index is 11.5. The molecule has 0 saturated carbocycles. The predicted octanol–water partition coefficient (Wildman–Crippen LogP) is -0.367. The van der Waals surface area contributed by atoms with Crippen LogP contribution >= 0.6 is 0 Å². The zero-order chi connectivity index (χ0) is 20.7. The standard InChI is InChI=1S/C16H22O11/c1-7(17)22-6-12-13(23-8(2)18)14(24-9(3)19)15(25-10(4)20)16(27-12)26-11(5)21/h12-16H,6H2,1-5H3/t12-,13-,14+,15?,16?/m0/s1. The molecule has 0 aromatic carbocycles. The Kier molecular flexibility index (Phi) is 8.16. The van der Waals surface area contributed by atoms with Crippen LogP contribution in [0.3, 0.4) is 0 Å². The summed E-state index contributed by atoms with van der Waals surface area (Å²) in [7, 11) is 0. The molecule has 1 aliphatic heterocycles. The Balaban J connectivity index is 3.29. The second-order valence-corrected chi connectivity index (χ2v) is 5.68. The van der Waals surface area contributed by atoms with E-state index in [0.29, 0.717) is 0 Å². The molecular weight excluding hydrogens is 368 g/mol. The Morgan fingerprint density at radius 3 is 1.52 bits per heavy atom. The van der Waals surface area contributed by atoms with Crippen molar-refractivity contribution in [1.29, 1.82) is 0 Å². The smallest absolute Gasteiger partial charge is 0.305 e. The largest absolute Gasteiger partial charge is 0.463 e. The molecule has 0 spiro atoms. The number of hydrogen-bond donors (Lipinski definition) is 0. The molecule has 0 aromatic heterocycles. The molecular formula is C16H22O11. The Morgan fingerprint density at radius 2 is 1.07 bits per heavy atom. The molecule has 0 aliphatic carbocycles. The highest BCUT2D eigenvalue weighted by atomic mass is 16.7. The molecule has 0 bridgehead atoms. The third-order valence-electron chi connectivity index (χ3n) is 3.23. The molecule has 0 amide bonds. The molecule has 1 rings (SSSR count). The van der Waals surface area contributed by atoms with Gasteiger partial charge in [-0.15, -0.1) is 0 Å². The van der Waals surface area contributed by atoms with Crippen LogP contribution in [-0.2, 0) is 52.4 Å². The van der Waals surface area contributed by atoms with E-state index in [9.17, 15) is 24.0 Å². The van der Waals surface area contributed by atoms with E-state index in [2.05, 4.69) is 0 Å². The van der Waals surface area contributed by atoms with Gasteiger partial charge in [0.15, 0.2) is 12.2 Å². The van der Waals surface area contributed by atoms with Crippen LogP contribution < -0.4 is 0 Å². The SMILES string of the molecule is CC(=O)OC[C@@H]1OC(OC(C)=O)C(OC(C)=O)[C@H](OC(C)=O)[C@H]1OC(C)=O. The fourth-order valence-corrected chi connectivity index (χ4v) is 2.45. The normalized spacial score (nSPS) is 27.1. The third kappa shape index (κ3) is 7.21. The zero-order valence-electron chi connectivity index (χ0n) is 15.6. The first-order valence-corrected chi connectivity index (χ1v) is 7.99. The van der Waals surface area contributed by atoms with Gasteiger partial charge in [0.2, 0.25) is 12.4 Å². The van der Waals surface area contributed by atoms with Crippen molar-refractivity contribution in [2.45, 2.75) is 65.3 Å². The summed E-state index contributed by atoms with van der Waals surface area (Å²) >= 11 is 0. The predicted molar refractivity (Wildman–Crippen MR) is 83.7 cm³/mol. The third-order valence-corrected chi connectivity index (χ3v) is 3.23. The first kappa shape index (κ1) is 22.4. The molecule has 11 nitrogen and oxygen atoms in total. The fraction of sp³-hybridized carbons (Fsp3) is 0.688. The lowest BCUT2D eigenvalue weighted by molar-refractivity contribution is -0.300. The monoisotopic (exact) mass is 390 g/mol. The molecule has 0 N–H and O–H groups in total. The minimum absolute atomic E-state index is 0.393. The van der Waals surface area contributed by atoms with Gasteiger partial charge < -0.3 is 28.4 Å². The topological polar surface area (TPSA) is 141 Å². The van der Waals surface area contributed by atoms with Crippen molar-refractivity contribution in [3.63, 3.8) is 0 Å². The highest BCUT2D eigenvalue weighted by molar-refractivity contribution is 5.69. The van der Waals surface area contributed by atoms with Gasteiger partial charge in [0.1, 0.15) is 12.7 Å². The average molecular weight is 390 g/mol. The van der Waals surface area contributed by atoms with E-state index in [-0.39, 0.29) is 0 Å². The minimum atomic E-state index is -1.48. The minimum Gasteiger partial charge on any atom is -0.463 e. The van der Waals surface area contributed by atoms with E-state index < -0.39 is 67.2 Å². The van der Waals surface area contributed by atoms with Crippen LogP contribution in [0.4, 0.5) is 0 Å². The quantitative estimate of drug-likeness (QED) is 0.433. The molecule has 1 saturated heterocycles. The van der Waals surface area contributed by atoms with Crippen molar-refractivity contribution in [1.82, 2.24) is 0 Å². The van der Waals surface area contributed by atoms with Crippen molar-refractivity contribution >= 4 is 29.8 Å². The second kappa shape index (κ2) is 9.86. The summed E-state index contributed by atoms with van der Waals surface area (Å²) in [5.41, 5.74) is 0. The van der Waals surface area contributed by atoms with E-state index in [1.807, 2.05) is 0 Å². The molecule has 11 heteroatoms. The first-order valence-electron chi connectivity index (χ1n) is 7.99. The molecule has 1 aliphatic rings. The Labute approximate surface area is 155 Å². The highest BCUT2D eigenvalue weighted by Crippen LogP contribution is 2.29. The summed E-state index contributed by atoms with van der Waals surface area (Å²) in [4.78, 5) is 57.0. The Hall–Kier alpha value is -2.69. The van der Waals surface area contributed by atoms with Crippen LogP contribution in [0.25, 0.3) is 0 Å². The van der Waals surface area contributed by atoms with Gasteiger partial charge in [0, 0.05) is 34.6 Å². The number of rotatable bonds is 6. The molecule has 27 heavy (non-hydrogen) atoms. The molecule has 1 heterocycles. The van der Waals surface area contributed by atoms with Crippen LogP contribution in [0.15, 0.2) is 0 Å². The van der Waals surface area contributed by atoms with Crippen molar-refractivity contribution in [2.75, 3.05) is 6.61 Å². The van der Waals surface area contributed by atoms with Crippen LogP contribution in [0.1, 0.15) is 34.6 Å². The van der Waals surface area contributed by atoms with Crippen LogP contribution in [0.2, 0.25) is 0 Å². The van der Waals surface area contributed by atoms with Crippen molar-refractivity contribution in [3.05, 3.63) is 0 Å². The van der Waals surface area contributed by atoms with Gasteiger partial charge in [-0.1, -0.05) is 0 Å². The highest BCUT2D eigenvalue weighted by Gasteiger charge is 2.53. The van der Waals surface area contributed by atoms with E-state index in [1.54, 1.807) is 0 Å². The Bertz CT molecular complexity index is 599. The zero-order valence-corrected chi connectivity index (χ0v) is 15.6. The molecule has 152 valence electrons.